The molecule has 0 spiro atoms. The predicted octanol–water partition coefficient (Wildman–Crippen LogP) is 1.95. The van der Waals surface area contributed by atoms with E-state index in [-0.39, 0.29) is 11.1 Å². The largest absolute Gasteiger partial charge is 0.497 e. The summed E-state index contributed by atoms with van der Waals surface area (Å²) in [5, 5.41) is 7.97. The van der Waals surface area contributed by atoms with Gasteiger partial charge in [0.2, 0.25) is 0 Å². The molecular formula is C9H6ClNO2. The third kappa shape index (κ3) is 1.98. The van der Waals surface area contributed by atoms with Gasteiger partial charge in [-0.2, -0.15) is 5.26 Å². The number of halogens is 1. The maximum atomic E-state index is 10.9. The molecule has 0 amide bonds. The third-order valence-corrected chi connectivity index (χ3v) is 1.76. The average Bonchev–Trinajstić information content (AvgIpc) is 2.16. The van der Waals surface area contributed by atoms with E-state index in [2.05, 4.69) is 0 Å². The Balaban J connectivity index is 3.28. The van der Waals surface area contributed by atoms with E-state index >= 15 is 0 Å². The molecule has 0 saturated heterocycles. The second kappa shape index (κ2) is 3.92. The molecule has 0 radical (unpaired) electrons. The number of hydrogen-bond acceptors (Lipinski definition) is 3. The van der Waals surface area contributed by atoms with Crippen molar-refractivity contribution in [1.29, 1.82) is 5.26 Å². The van der Waals surface area contributed by atoms with Crippen LogP contribution >= 0.6 is 11.6 Å². The Morgan fingerprint density at radius 1 is 1.62 bits per heavy atom. The van der Waals surface area contributed by atoms with Crippen molar-refractivity contribution < 1.29 is 9.53 Å². The van der Waals surface area contributed by atoms with Crippen molar-refractivity contribution in [2.24, 2.45) is 0 Å². The van der Waals surface area contributed by atoms with Gasteiger partial charge in [-0.15, -0.1) is 0 Å². The summed E-state index contributed by atoms with van der Waals surface area (Å²) in [6.07, 6.45) is 0. The molecule has 13 heavy (non-hydrogen) atoms. The van der Waals surface area contributed by atoms with Crippen LogP contribution in [0.5, 0.6) is 5.75 Å². The number of methoxy groups -OCH3 is 1. The summed E-state index contributed by atoms with van der Waals surface area (Å²) < 4.78 is 4.88. The predicted molar refractivity (Wildman–Crippen MR) is 47.9 cm³/mol. The van der Waals surface area contributed by atoms with Crippen LogP contribution in [0.1, 0.15) is 15.9 Å². The van der Waals surface area contributed by atoms with Crippen LogP contribution in [-0.2, 0) is 0 Å². The fourth-order valence-corrected chi connectivity index (χ4v) is 1.07. The molecule has 0 atom stereocenters. The Labute approximate surface area is 80.5 Å². The van der Waals surface area contributed by atoms with Gasteiger partial charge >= 0.3 is 0 Å². The molecule has 0 N–H and O–H groups in total. The summed E-state index contributed by atoms with van der Waals surface area (Å²) in [5.74, 6) is 0.503. The lowest BCUT2D eigenvalue weighted by atomic mass is 10.1. The van der Waals surface area contributed by atoms with Crippen LogP contribution < -0.4 is 4.74 Å². The molecule has 0 unspecified atom stereocenters. The van der Waals surface area contributed by atoms with Crippen LogP contribution in [0.2, 0.25) is 0 Å². The highest BCUT2D eigenvalue weighted by atomic mass is 35.5. The van der Waals surface area contributed by atoms with E-state index in [1.54, 1.807) is 6.07 Å². The second-order valence-electron chi connectivity index (χ2n) is 2.30. The molecule has 0 fully saturated rings. The molecule has 1 rings (SSSR count). The number of nitrogens with zero attached hydrogens (tertiary/aromatic N) is 1. The van der Waals surface area contributed by atoms with Gasteiger partial charge in [0.1, 0.15) is 5.75 Å². The third-order valence-electron chi connectivity index (χ3n) is 1.56. The molecule has 4 heteroatoms. The first-order valence-electron chi connectivity index (χ1n) is 3.47. The van der Waals surface area contributed by atoms with Crippen molar-refractivity contribution in [2.75, 3.05) is 7.11 Å². The van der Waals surface area contributed by atoms with Crippen LogP contribution in [0.3, 0.4) is 0 Å². The van der Waals surface area contributed by atoms with Crippen LogP contribution in [0.4, 0.5) is 0 Å². The van der Waals surface area contributed by atoms with Crippen molar-refractivity contribution in [3.63, 3.8) is 0 Å². The highest BCUT2D eigenvalue weighted by molar-refractivity contribution is 6.68. The first-order valence-corrected chi connectivity index (χ1v) is 3.85. The molecular weight excluding hydrogens is 190 g/mol. The van der Waals surface area contributed by atoms with Crippen LogP contribution in [0.25, 0.3) is 0 Å². The highest BCUT2D eigenvalue weighted by Crippen LogP contribution is 2.18. The quantitative estimate of drug-likeness (QED) is 0.678. The zero-order chi connectivity index (χ0) is 9.84. The topological polar surface area (TPSA) is 50.1 Å². The maximum Gasteiger partial charge on any atom is 0.253 e. The number of carbonyl (C=O) groups excluding carboxylic acids is 1. The smallest absolute Gasteiger partial charge is 0.253 e. The summed E-state index contributed by atoms with van der Waals surface area (Å²) in [6, 6.07) is 6.40. The first-order chi connectivity index (χ1) is 6.19. The van der Waals surface area contributed by atoms with Gasteiger partial charge in [-0.05, 0) is 29.8 Å². The van der Waals surface area contributed by atoms with Gasteiger partial charge in [0.05, 0.1) is 24.3 Å². The minimum atomic E-state index is -0.657. The van der Waals surface area contributed by atoms with Crippen molar-refractivity contribution in [3.05, 3.63) is 29.3 Å². The van der Waals surface area contributed by atoms with Crippen LogP contribution in [0, 0.1) is 11.3 Å². The minimum Gasteiger partial charge on any atom is -0.497 e. The van der Waals surface area contributed by atoms with Gasteiger partial charge in [0.15, 0.2) is 0 Å². The normalized spacial score (nSPS) is 9.00. The number of rotatable bonds is 2. The molecule has 0 aromatic heterocycles. The van der Waals surface area contributed by atoms with Gasteiger partial charge in [-0.25, -0.2) is 0 Å². The fourth-order valence-electron chi connectivity index (χ4n) is 0.910. The summed E-state index contributed by atoms with van der Waals surface area (Å²) in [6.45, 7) is 0. The van der Waals surface area contributed by atoms with Crippen molar-refractivity contribution >= 4 is 16.8 Å². The SMILES string of the molecule is COc1ccc(C#N)c(C(=O)Cl)c1. The van der Waals surface area contributed by atoms with Gasteiger partial charge in [0, 0.05) is 0 Å². The minimum absolute atomic E-state index is 0.170. The molecule has 0 aliphatic heterocycles. The van der Waals surface area contributed by atoms with E-state index in [0.717, 1.165) is 0 Å². The molecule has 0 heterocycles. The molecule has 66 valence electrons. The lowest BCUT2D eigenvalue weighted by Gasteiger charge is -2.01. The van der Waals surface area contributed by atoms with Gasteiger partial charge in [-0.1, -0.05) is 0 Å². The Morgan fingerprint density at radius 2 is 2.31 bits per heavy atom. The van der Waals surface area contributed by atoms with E-state index in [1.807, 2.05) is 6.07 Å². The van der Waals surface area contributed by atoms with Crippen molar-refractivity contribution in [1.82, 2.24) is 0 Å². The fraction of sp³-hybridized carbons (Fsp3) is 0.111. The lowest BCUT2D eigenvalue weighted by Crippen LogP contribution is -1.95. The number of benzene rings is 1. The number of carbonyl (C=O) groups is 1. The van der Waals surface area contributed by atoms with Gasteiger partial charge in [-0.3, -0.25) is 4.79 Å². The van der Waals surface area contributed by atoms with Crippen LogP contribution in [-0.4, -0.2) is 12.4 Å². The maximum absolute atomic E-state index is 10.9. The Hall–Kier alpha value is -1.53. The molecule has 0 aliphatic carbocycles. The molecule has 0 aliphatic rings. The molecule has 1 aromatic carbocycles. The summed E-state index contributed by atoms with van der Waals surface area (Å²) >= 11 is 5.27. The first kappa shape index (κ1) is 9.56. The van der Waals surface area contributed by atoms with E-state index in [0.29, 0.717) is 5.75 Å². The molecule has 0 saturated carbocycles. The molecule has 3 nitrogen and oxygen atoms in total. The van der Waals surface area contributed by atoms with Crippen molar-refractivity contribution in [2.45, 2.75) is 0 Å². The van der Waals surface area contributed by atoms with Gasteiger partial charge < -0.3 is 4.74 Å². The van der Waals surface area contributed by atoms with E-state index in [1.165, 1.54) is 19.2 Å². The number of ether oxygens (including phenoxy) is 1. The average molecular weight is 196 g/mol. The Morgan fingerprint density at radius 3 is 2.77 bits per heavy atom. The number of hydrogen-bond donors (Lipinski definition) is 0. The van der Waals surface area contributed by atoms with E-state index in [4.69, 9.17) is 21.6 Å². The standard InChI is InChI=1S/C9H6ClNO2/c1-13-7-3-2-6(5-11)8(4-7)9(10)12/h2-4H,1H3. The second-order valence-corrected chi connectivity index (χ2v) is 2.64. The summed E-state index contributed by atoms with van der Waals surface area (Å²) in [7, 11) is 1.48. The molecule has 0 bridgehead atoms. The highest BCUT2D eigenvalue weighted by Gasteiger charge is 2.09. The van der Waals surface area contributed by atoms with Crippen LogP contribution in [0.15, 0.2) is 18.2 Å². The van der Waals surface area contributed by atoms with Gasteiger partial charge in [0.25, 0.3) is 5.24 Å². The summed E-state index contributed by atoms with van der Waals surface area (Å²) in [5.41, 5.74) is 0.421. The van der Waals surface area contributed by atoms with E-state index in [9.17, 15) is 4.79 Å². The molecule has 1 aromatic rings. The zero-order valence-corrected chi connectivity index (χ0v) is 7.63. The van der Waals surface area contributed by atoms with Crippen molar-refractivity contribution in [3.8, 4) is 11.8 Å². The lowest BCUT2D eigenvalue weighted by molar-refractivity contribution is 0.108. The summed E-state index contributed by atoms with van der Waals surface area (Å²) in [4.78, 5) is 10.9. The Kier molecular flexibility index (Phi) is 2.88. The zero-order valence-electron chi connectivity index (χ0n) is 6.87. The monoisotopic (exact) mass is 195 g/mol. The van der Waals surface area contributed by atoms with E-state index < -0.39 is 5.24 Å². The Bertz CT molecular complexity index is 382. The number of nitriles is 1.